The Balaban J connectivity index is 1.68. The summed E-state index contributed by atoms with van der Waals surface area (Å²) < 4.78 is 144. The Morgan fingerprint density at radius 1 is 0.534 bits per heavy atom. The second kappa shape index (κ2) is 21.7. The number of hydrogen-bond acceptors (Lipinski definition) is 10. The summed E-state index contributed by atoms with van der Waals surface area (Å²) in [6.45, 7) is 6.98. The van der Waals surface area contributed by atoms with Gasteiger partial charge in [-0.3, -0.25) is 0 Å². The fourth-order valence-corrected chi connectivity index (χ4v) is 4.62. The van der Waals surface area contributed by atoms with E-state index in [1.54, 1.807) is 0 Å². The van der Waals surface area contributed by atoms with Crippen molar-refractivity contribution in [3.63, 3.8) is 0 Å². The van der Waals surface area contributed by atoms with Crippen LogP contribution < -0.4 is 18.9 Å². The van der Waals surface area contributed by atoms with Crippen molar-refractivity contribution in [1.82, 2.24) is 0 Å². The van der Waals surface area contributed by atoms with Crippen LogP contribution in [-0.4, -0.2) is 50.3 Å². The van der Waals surface area contributed by atoms with Crippen LogP contribution in [0.3, 0.4) is 0 Å². The van der Waals surface area contributed by atoms with Crippen molar-refractivity contribution >= 4 is 36.0 Å². The molecule has 0 N–H and O–H groups in total. The predicted molar refractivity (Wildman–Crippen MR) is 190 cm³/mol. The van der Waals surface area contributed by atoms with Gasteiger partial charge in [0.15, 0.2) is 0 Å². The zero-order chi connectivity index (χ0) is 42.9. The van der Waals surface area contributed by atoms with E-state index in [1.807, 2.05) is 0 Å². The van der Waals surface area contributed by atoms with E-state index in [4.69, 9.17) is 18.9 Å². The van der Waals surface area contributed by atoms with E-state index in [0.717, 1.165) is 48.6 Å². The number of benzene rings is 3. The van der Waals surface area contributed by atoms with Crippen molar-refractivity contribution < 1.29 is 82.7 Å². The maximum atomic E-state index is 14.6. The SMILES string of the molecule is C=CC(=O)OCCCCOc1ccc(/C=C/C(=O)Oc2ccc(OC(=O)/C=C/c3ccc(OCCCCOC(=O)C=C)cc3F)c(C(F)(F)F)c2C(F)(F)F)c(F)c1. The number of rotatable bonds is 20. The first-order valence-electron chi connectivity index (χ1n) is 17.0. The van der Waals surface area contributed by atoms with E-state index < -0.39 is 70.5 Å². The van der Waals surface area contributed by atoms with Gasteiger partial charge in [-0.05, 0) is 74.2 Å². The molecule has 0 aliphatic rings. The highest BCUT2D eigenvalue weighted by Crippen LogP contribution is 2.49. The number of alkyl halides is 6. The van der Waals surface area contributed by atoms with Crippen molar-refractivity contribution in [3.8, 4) is 23.0 Å². The van der Waals surface area contributed by atoms with Gasteiger partial charge in [0, 0.05) is 47.6 Å². The highest BCUT2D eigenvalue weighted by molar-refractivity contribution is 5.90. The Morgan fingerprint density at radius 2 is 0.897 bits per heavy atom. The molecule has 0 aliphatic heterocycles. The Morgan fingerprint density at radius 3 is 1.22 bits per heavy atom. The summed E-state index contributed by atoms with van der Waals surface area (Å²) in [7, 11) is 0. The largest absolute Gasteiger partial charge is 0.493 e. The molecule has 0 heterocycles. The normalized spacial score (nSPS) is 11.6. The standard InChI is InChI=1S/C40H34F8O10/c1-3-33(49)55-21-7-5-19-53-27-13-9-25(29(41)23-27)11-17-35(51)57-31-15-16-32(38(40(46,47)48)37(31)39(43,44)45)58-36(52)18-12-26-10-14-28(24-30(26)42)54-20-6-8-22-56-34(50)4-2/h3-4,9-18,23-24H,1-2,5-8,19-22H2/b17-11+,18-12+. The molecule has 0 spiro atoms. The molecule has 0 unspecified atom stereocenters. The second-order valence-electron chi connectivity index (χ2n) is 11.5. The molecule has 0 fully saturated rings. The van der Waals surface area contributed by atoms with E-state index in [2.05, 4.69) is 22.6 Å². The Labute approximate surface area is 325 Å². The molecular formula is C40H34F8O10. The van der Waals surface area contributed by atoms with Gasteiger partial charge in [0.2, 0.25) is 0 Å². The smallest absolute Gasteiger partial charge is 0.420 e. The monoisotopic (exact) mass is 826 g/mol. The zero-order valence-corrected chi connectivity index (χ0v) is 30.3. The predicted octanol–water partition coefficient (Wildman–Crippen LogP) is 9.02. The maximum absolute atomic E-state index is 14.6. The van der Waals surface area contributed by atoms with Crippen LogP contribution in [0.1, 0.15) is 47.9 Å². The van der Waals surface area contributed by atoms with Crippen LogP contribution in [0.4, 0.5) is 35.1 Å². The minimum Gasteiger partial charge on any atom is -0.493 e. The van der Waals surface area contributed by atoms with Crippen LogP contribution >= 0.6 is 0 Å². The topological polar surface area (TPSA) is 124 Å². The third-order valence-corrected chi connectivity index (χ3v) is 7.30. The molecule has 10 nitrogen and oxygen atoms in total. The molecule has 0 bridgehead atoms. The molecule has 3 aromatic rings. The lowest BCUT2D eigenvalue weighted by Gasteiger charge is -2.21. The molecule has 310 valence electrons. The van der Waals surface area contributed by atoms with Crippen LogP contribution in [-0.2, 0) is 41.0 Å². The van der Waals surface area contributed by atoms with Gasteiger partial charge in [0.05, 0.1) is 26.4 Å². The Kier molecular flexibility index (Phi) is 17.2. The highest BCUT2D eigenvalue weighted by Gasteiger charge is 2.48. The summed E-state index contributed by atoms with van der Waals surface area (Å²) >= 11 is 0. The number of hydrogen-bond donors (Lipinski definition) is 0. The molecule has 0 saturated heterocycles. The Hall–Kier alpha value is -6.46. The van der Waals surface area contributed by atoms with Gasteiger partial charge in [0.1, 0.15) is 45.8 Å². The van der Waals surface area contributed by atoms with Crippen LogP contribution in [0.5, 0.6) is 23.0 Å². The number of halogens is 8. The van der Waals surface area contributed by atoms with Gasteiger partial charge in [0.25, 0.3) is 0 Å². The van der Waals surface area contributed by atoms with Gasteiger partial charge in [-0.15, -0.1) is 0 Å². The number of esters is 4. The number of ether oxygens (including phenoxy) is 6. The quantitative estimate of drug-likeness (QED) is 0.0359. The van der Waals surface area contributed by atoms with Gasteiger partial charge in [-0.1, -0.05) is 13.2 Å². The van der Waals surface area contributed by atoms with Crippen LogP contribution in [0.15, 0.2) is 86.0 Å². The van der Waals surface area contributed by atoms with Crippen LogP contribution in [0.2, 0.25) is 0 Å². The lowest BCUT2D eigenvalue weighted by molar-refractivity contribution is -0.164. The summed E-state index contributed by atoms with van der Waals surface area (Å²) in [5.41, 5.74) is -5.52. The molecule has 18 heteroatoms. The summed E-state index contributed by atoms with van der Waals surface area (Å²) in [5, 5.41) is 0. The van der Waals surface area contributed by atoms with E-state index in [9.17, 15) is 54.3 Å². The summed E-state index contributed by atoms with van der Waals surface area (Å²) in [6, 6.07) is 7.43. The second-order valence-corrected chi connectivity index (χ2v) is 11.5. The summed E-state index contributed by atoms with van der Waals surface area (Å²) in [4.78, 5) is 46.9. The number of carbonyl (C=O) groups is 4. The van der Waals surface area contributed by atoms with Crippen molar-refractivity contribution in [1.29, 1.82) is 0 Å². The molecule has 0 saturated carbocycles. The molecule has 0 aliphatic carbocycles. The van der Waals surface area contributed by atoms with Crippen LogP contribution in [0.25, 0.3) is 12.2 Å². The average molecular weight is 827 g/mol. The van der Waals surface area contributed by atoms with Crippen molar-refractivity contribution in [3.05, 3.63) is 120 Å². The fourth-order valence-electron chi connectivity index (χ4n) is 4.62. The fraction of sp³-hybridized carbons (Fsp3) is 0.250. The van der Waals surface area contributed by atoms with Gasteiger partial charge >= 0.3 is 36.2 Å². The molecule has 3 aromatic carbocycles. The summed E-state index contributed by atoms with van der Waals surface area (Å²) in [5.74, 6) is -9.33. The first-order valence-corrected chi connectivity index (χ1v) is 17.0. The highest BCUT2D eigenvalue weighted by atomic mass is 19.4. The third kappa shape index (κ3) is 14.9. The van der Waals surface area contributed by atoms with Crippen LogP contribution in [0, 0.1) is 11.6 Å². The Bertz CT molecular complexity index is 1880. The van der Waals surface area contributed by atoms with E-state index in [-0.39, 0.29) is 49.1 Å². The molecule has 0 aromatic heterocycles. The van der Waals surface area contributed by atoms with Gasteiger partial charge in [-0.25, -0.2) is 28.0 Å². The molecular weight excluding hydrogens is 792 g/mol. The van der Waals surface area contributed by atoms with Gasteiger partial charge < -0.3 is 28.4 Å². The number of unbranched alkanes of at least 4 members (excludes halogenated alkanes) is 2. The lowest BCUT2D eigenvalue weighted by atomic mass is 10.0. The lowest BCUT2D eigenvalue weighted by Crippen LogP contribution is -2.21. The summed E-state index contributed by atoms with van der Waals surface area (Å²) in [6.07, 6.45) is -5.32. The van der Waals surface area contributed by atoms with Crippen molar-refractivity contribution in [2.24, 2.45) is 0 Å². The van der Waals surface area contributed by atoms with E-state index in [1.165, 1.54) is 12.1 Å². The molecule has 0 amide bonds. The minimum atomic E-state index is -5.81. The molecule has 0 radical (unpaired) electrons. The maximum Gasteiger partial charge on any atom is 0.420 e. The molecule has 3 rings (SSSR count). The van der Waals surface area contributed by atoms with E-state index >= 15 is 0 Å². The zero-order valence-electron chi connectivity index (χ0n) is 30.3. The average Bonchev–Trinajstić information content (AvgIpc) is 3.16. The first-order chi connectivity index (χ1) is 27.4. The molecule has 58 heavy (non-hydrogen) atoms. The molecule has 0 atom stereocenters. The third-order valence-electron chi connectivity index (χ3n) is 7.30. The van der Waals surface area contributed by atoms with Gasteiger partial charge in [-0.2, -0.15) is 26.3 Å². The van der Waals surface area contributed by atoms with Crippen molar-refractivity contribution in [2.45, 2.75) is 38.0 Å². The minimum absolute atomic E-state index is 0.0774. The van der Waals surface area contributed by atoms with Crippen molar-refractivity contribution in [2.75, 3.05) is 26.4 Å². The van der Waals surface area contributed by atoms with E-state index in [0.29, 0.717) is 50.0 Å². The first kappa shape index (κ1) is 45.9. The number of carbonyl (C=O) groups excluding carboxylic acids is 4.